The molecule has 0 aliphatic carbocycles. The number of para-hydroxylation sites is 1. The summed E-state index contributed by atoms with van der Waals surface area (Å²) in [6, 6.07) is 13.9. The van der Waals surface area contributed by atoms with E-state index in [-0.39, 0.29) is 0 Å². The summed E-state index contributed by atoms with van der Waals surface area (Å²) >= 11 is 5.97. The van der Waals surface area contributed by atoms with Gasteiger partial charge in [0, 0.05) is 5.56 Å². The van der Waals surface area contributed by atoms with Crippen molar-refractivity contribution >= 4 is 23.4 Å². The molecule has 0 aliphatic rings. The Morgan fingerprint density at radius 2 is 1.70 bits per heavy atom. The predicted octanol–water partition coefficient (Wildman–Crippen LogP) is 2.88. The smallest absolute Gasteiger partial charge is 0.279 e. The Balaban J connectivity index is 1.87. The summed E-state index contributed by atoms with van der Waals surface area (Å²) in [7, 11) is 0. The molecule has 0 heterocycles. The molecule has 2 aromatic carbocycles. The molecule has 2 N–H and O–H groups in total. The van der Waals surface area contributed by atoms with E-state index < -0.39 is 17.9 Å². The Morgan fingerprint density at radius 3 is 2.35 bits per heavy atom. The van der Waals surface area contributed by atoms with Crippen LogP contribution >= 0.6 is 11.6 Å². The molecule has 1 unspecified atom stereocenters. The van der Waals surface area contributed by atoms with E-state index in [1.165, 1.54) is 0 Å². The Kier molecular flexibility index (Phi) is 5.60. The van der Waals surface area contributed by atoms with Crippen molar-refractivity contribution in [3.63, 3.8) is 0 Å². The zero-order valence-electron chi connectivity index (χ0n) is 12.8. The van der Waals surface area contributed by atoms with Crippen LogP contribution in [0.15, 0.2) is 48.5 Å². The highest BCUT2D eigenvalue weighted by Crippen LogP contribution is 2.24. The normalized spacial score (nSPS) is 11.4. The summed E-state index contributed by atoms with van der Waals surface area (Å²) < 4.78 is 5.47. The molecule has 23 heavy (non-hydrogen) atoms. The number of carbonyl (C=O) groups excluding carboxylic acids is 2. The highest BCUT2D eigenvalue weighted by Gasteiger charge is 2.16. The maximum Gasteiger partial charge on any atom is 0.279 e. The first-order valence-electron chi connectivity index (χ1n) is 7.05. The number of hydrogen-bond acceptors (Lipinski definition) is 3. The number of carbonyl (C=O) groups is 2. The molecule has 2 rings (SSSR count). The lowest BCUT2D eigenvalue weighted by Gasteiger charge is -2.16. The monoisotopic (exact) mass is 332 g/mol. The summed E-state index contributed by atoms with van der Waals surface area (Å²) in [5, 5.41) is 0.413. The van der Waals surface area contributed by atoms with Crippen molar-refractivity contribution in [3.8, 4) is 5.75 Å². The summed E-state index contributed by atoms with van der Waals surface area (Å²) in [5.74, 6) is -0.477. The standard InChI is InChI=1S/C17H17ClN2O3/c1-11-7-9-13(10-8-11)17(22)20-19-16(21)12(2)23-15-6-4-3-5-14(15)18/h3-10,12H,1-2H3,(H,19,21)(H,20,22). The lowest BCUT2D eigenvalue weighted by atomic mass is 10.1. The second kappa shape index (κ2) is 7.65. The lowest BCUT2D eigenvalue weighted by molar-refractivity contribution is -0.128. The van der Waals surface area contributed by atoms with E-state index in [1.54, 1.807) is 43.3 Å². The molecule has 0 aliphatic heterocycles. The van der Waals surface area contributed by atoms with Gasteiger partial charge in [0.2, 0.25) is 0 Å². The minimum Gasteiger partial charge on any atom is -0.479 e. The van der Waals surface area contributed by atoms with Crippen molar-refractivity contribution in [3.05, 3.63) is 64.7 Å². The van der Waals surface area contributed by atoms with Gasteiger partial charge in [-0.15, -0.1) is 0 Å². The first-order valence-corrected chi connectivity index (χ1v) is 7.43. The Morgan fingerprint density at radius 1 is 1.04 bits per heavy atom. The van der Waals surface area contributed by atoms with Crippen LogP contribution in [0.1, 0.15) is 22.8 Å². The number of amides is 2. The molecule has 0 radical (unpaired) electrons. The van der Waals surface area contributed by atoms with Crippen LogP contribution in [-0.4, -0.2) is 17.9 Å². The second-order valence-corrected chi connectivity index (χ2v) is 5.41. The molecular weight excluding hydrogens is 316 g/mol. The molecule has 2 aromatic rings. The lowest BCUT2D eigenvalue weighted by Crippen LogP contribution is -2.47. The molecular formula is C17H17ClN2O3. The first-order chi connectivity index (χ1) is 11.0. The van der Waals surface area contributed by atoms with Gasteiger partial charge in [0.15, 0.2) is 6.10 Å². The van der Waals surface area contributed by atoms with Gasteiger partial charge in [0.25, 0.3) is 11.8 Å². The van der Waals surface area contributed by atoms with Crippen LogP contribution in [0, 0.1) is 6.92 Å². The fourth-order valence-electron chi connectivity index (χ4n) is 1.78. The van der Waals surface area contributed by atoms with Gasteiger partial charge < -0.3 is 4.74 Å². The molecule has 2 amide bonds. The fraction of sp³-hybridized carbons (Fsp3) is 0.176. The molecule has 0 aromatic heterocycles. The number of rotatable bonds is 4. The summed E-state index contributed by atoms with van der Waals surface area (Å²) in [6.45, 7) is 3.49. The van der Waals surface area contributed by atoms with Crippen LogP contribution in [0.3, 0.4) is 0 Å². The molecule has 0 spiro atoms. The molecule has 1 atom stereocenters. The average Bonchev–Trinajstić information content (AvgIpc) is 2.55. The van der Waals surface area contributed by atoms with Gasteiger partial charge in [-0.3, -0.25) is 20.4 Å². The molecule has 0 bridgehead atoms. The van der Waals surface area contributed by atoms with Crippen LogP contribution < -0.4 is 15.6 Å². The van der Waals surface area contributed by atoms with E-state index in [4.69, 9.17) is 16.3 Å². The number of halogens is 1. The van der Waals surface area contributed by atoms with Gasteiger partial charge >= 0.3 is 0 Å². The fourth-order valence-corrected chi connectivity index (χ4v) is 1.96. The van der Waals surface area contributed by atoms with Gasteiger partial charge in [-0.2, -0.15) is 0 Å². The maximum absolute atomic E-state index is 12.0. The first kappa shape index (κ1) is 16.8. The molecule has 6 heteroatoms. The maximum atomic E-state index is 12.0. The van der Waals surface area contributed by atoms with Gasteiger partial charge in [-0.05, 0) is 38.1 Å². The summed E-state index contributed by atoms with van der Waals surface area (Å²) in [4.78, 5) is 23.9. The van der Waals surface area contributed by atoms with E-state index in [0.29, 0.717) is 16.3 Å². The minimum absolute atomic E-state index is 0.400. The van der Waals surface area contributed by atoms with Gasteiger partial charge in [-0.1, -0.05) is 41.4 Å². The highest BCUT2D eigenvalue weighted by atomic mass is 35.5. The minimum atomic E-state index is -0.812. The van der Waals surface area contributed by atoms with Crippen molar-refractivity contribution in [2.24, 2.45) is 0 Å². The number of hydrogen-bond donors (Lipinski definition) is 2. The Hall–Kier alpha value is -2.53. The predicted molar refractivity (Wildman–Crippen MR) is 88.3 cm³/mol. The SMILES string of the molecule is Cc1ccc(C(=O)NNC(=O)C(C)Oc2ccccc2Cl)cc1. The van der Waals surface area contributed by atoms with Crippen LogP contribution in [0.25, 0.3) is 0 Å². The van der Waals surface area contributed by atoms with E-state index in [2.05, 4.69) is 10.9 Å². The molecule has 0 fully saturated rings. The number of benzene rings is 2. The van der Waals surface area contributed by atoms with E-state index in [9.17, 15) is 9.59 Å². The van der Waals surface area contributed by atoms with Gasteiger partial charge in [0.05, 0.1) is 5.02 Å². The third-order valence-electron chi connectivity index (χ3n) is 3.12. The summed E-state index contributed by atoms with van der Waals surface area (Å²) in [6.07, 6.45) is -0.812. The van der Waals surface area contributed by atoms with Gasteiger partial charge in [-0.25, -0.2) is 0 Å². The van der Waals surface area contributed by atoms with Gasteiger partial charge in [0.1, 0.15) is 5.75 Å². The van der Waals surface area contributed by atoms with Crippen LogP contribution in [0.2, 0.25) is 5.02 Å². The molecule has 0 saturated carbocycles. The quantitative estimate of drug-likeness (QED) is 0.846. The Labute approximate surface area is 139 Å². The van der Waals surface area contributed by atoms with E-state index >= 15 is 0 Å². The van der Waals surface area contributed by atoms with E-state index in [1.807, 2.05) is 19.1 Å². The van der Waals surface area contributed by atoms with Crippen molar-refractivity contribution in [1.29, 1.82) is 0 Å². The Bertz CT molecular complexity index is 701. The zero-order chi connectivity index (χ0) is 16.8. The van der Waals surface area contributed by atoms with Crippen LogP contribution in [0.4, 0.5) is 0 Å². The topological polar surface area (TPSA) is 67.4 Å². The van der Waals surface area contributed by atoms with Crippen molar-refractivity contribution in [1.82, 2.24) is 10.9 Å². The number of aryl methyl sites for hydroxylation is 1. The molecule has 120 valence electrons. The zero-order valence-corrected chi connectivity index (χ0v) is 13.6. The van der Waals surface area contributed by atoms with Crippen molar-refractivity contribution in [2.75, 3.05) is 0 Å². The summed E-state index contributed by atoms with van der Waals surface area (Å²) in [5.41, 5.74) is 6.18. The van der Waals surface area contributed by atoms with Crippen molar-refractivity contribution < 1.29 is 14.3 Å². The third kappa shape index (κ3) is 4.72. The third-order valence-corrected chi connectivity index (χ3v) is 3.43. The van der Waals surface area contributed by atoms with Crippen LogP contribution in [0.5, 0.6) is 5.75 Å². The second-order valence-electron chi connectivity index (χ2n) is 5.00. The van der Waals surface area contributed by atoms with Crippen molar-refractivity contribution in [2.45, 2.75) is 20.0 Å². The molecule has 0 saturated heterocycles. The largest absolute Gasteiger partial charge is 0.479 e. The number of hydrazine groups is 1. The number of ether oxygens (including phenoxy) is 1. The number of nitrogens with one attached hydrogen (secondary N) is 2. The van der Waals surface area contributed by atoms with E-state index in [0.717, 1.165) is 5.56 Å². The van der Waals surface area contributed by atoms with Crippen LogP contribution in [-0.2, 0) is 4.79 Å². The average molecular weight is 333 g/mol. The highest BCUT2D eigenvalue weighted by molar-refractivity contribution is 6.32. The molecule has 5 nitrogen and oxygen atoms in total.